The Balaban J connectivity index is 1.84. The second kappa shape index (κ2) is 11.2. The minimum Gasteiger partial charge on any atom is -0.490 e. The van der Waals surface area contributed by atoms with Crippen LogP contribution in [-0.4, -0.2) is 49.9 Å². The highest BCUT2D eigenvalue weighted by Crippen LogP contribution is 2.50. The first-order valence-electron chi connectivity index (χ1n) is 12.8. The highest BCUT2D eigenvalue weighted by molar-refractivity contribution is 6.06. The van der Waals surface area contributed by atoms with Gasteiger partial charge in [0, 0.05) is 61.6 Å². The summed E-state index contributed by atoms with van der Waals surface area (Å²) in [7, 11) is 1.71. The van der Waals surface area contributed by atoms with Crippen molar-refractivity contribution in [3.05, 3.63) is 46.3 Å². The summed E-state index contributed by atoms with van der Waals surface area (Å²) >= 11 is 0. The van der Waals surface area contributed by atoms with Gasteiger partial charge in [-0.25, -0.2) is 0 Å². The first-order valence-corrected chi connectivity index (χ1v) is 12.8. The molecule has 0 saturated heterocycles. The molecule has 3 aliphatic rings. The standard InChI is InChI=1S/C28H37NO5/c1-4-16-34-24-14-13-19(18-25(24)33-5-2)26-27-20(9-6-11-22(27)30)29(15-8-17-32-3)21-10-7-12-23(31)28(21)26/h13-14,18,26H,4-12,15-17H2,1-3H3. The first-order chi connectivity index (χ1) is 16.6. The number of hydrogen-bond acceptors (Lipinski definition) is 6. The van der Waals surface area contributed by atoms with E-state index in [4.69, 9.17) is 14.2 Å². The molecule has 1 aliphatic heterocycles. The molecule has 6 heteroatoms. The van der Waals surface area contributed by atoms with Crippen molar-refractivity contribution in [2.45, 2.75) is 71.1 Å². The number of ketones is 2. The number of carbonyl (C=O) groups excluding carboxylic acids is 2. The van der Waals surface area contributed by atoms with Crippen LogP contribution in [0.2, 0.25) is 0 Å². The molecule has 0 unspecified atom stereocenters. The van der Waals surface area contributed by atoms with Crippen LogP contribution >= 0.6 is 0 Å². The van der Waals surface area contributed by atoms with Crippen LogP contribution < -0.4 is 9.47 Å². The Hall–Kier alpha value is -2.60. The lowest BCUT2D eigenvalue weighted by Gasteiger charge is -2.44. The number of hydrogen-bond donors (Lipinski definition) is 0. The van der Waals surface area contributed by atoms with Gasteiger partial charge in [0.05, 0.1) is 13.2 Å². The SMILES string of the molecule is CCCOc1ccc(C2C3=C(CCCC3=O)N(CCCOC)C3=C2C(=O)CCC3)cc1OCC. The Labute approximate surface area is 202 Å². The van der Waals surface area contributed by atoms with Crippen molar-refractivity contribution in [2.75, 3.05) is 33.5 Å². The van der Waals surface area contributed by atoms with E-state index in [-0.39, 0.29) is 17.5 Å². The van der Waals surface area contributed by atoms with Gasteiger partial charge in [0.25, 0.3) is 0 Å². The van der Waals surface area contributed by atoms with Gasteiger partial charge in [-0.05, 0) is 63.1 Å². The fourth-order valence-corrected chi connectivity index (χ4v) is 5.49. The molecule has 184 valence electrons. The van der Waals surface area contributed by atoms with E-state index in [0.717, 1.165) is 73.2 Å². The Kier molecular flexibility index (Phi) is 8.09. The molecular weight excluding hydrogens is 430 g/mol. The largest absolute Gasteiger partial charge is 0.490 e. The molecule has 0 fully saturated rings. The third kappa shape index (κ3) is 4.78. The summed E-state index contributed by atoms with van der Waals surface area (Å²) < 4.78 is 17.1. The molecule has 2 aliphatic carbocycles. The number of rotatable bonds is 10. The van der Waals surface area contributed by atoms with Gasteiger partial charge in [-0.15, -0.1) is 0 Å². The molecule has 1 aromatic rings. The quantitative estimate of drug-likeness (QED) is 0.434. The zero-order valence-electron chi connectivity index (χ0n) is 20.8. The van der Waals surface area contributed by atoms with Crippen LogP contribution in [0.1, 0.15) is 76.7 Å². The summed E-state index contributed by atoms with van der Waals surface area (Å²) in [5.41, 5.74) is 4.77. The Morgan fingerprint density at radius 1 is 0.882 bits per heavy atom. The van der Waals surface area contributed by atoms with Crippen molar-refractivity contribution >= 4 is 11.6 Å². The number of nitrogens with zero attached hydrogens (tertiary/aromatic N) is 1. The predicted molar refractivity (Wildman–Crippen MR) is 131 cm³/mol. The van der Waals surface area contributed by atoms with Crippen LogP contribution in [0.25, 0.3) is 0 Å². The number of methoxy groups -OCH3 is 1. The molecule has 0 atom stereocenters. The summed E-state index contributed by atoms with van der Waals surface area (Å²) in [6, 6.07) is 5.93. The van der Waals surface area contributed by atoms with Gasteiger partial charge in [-0.3, -0.25) is 9.59 Å². The normalized spacial score (nSPS) is 18.9. The molecule has 1 aromatic carbocycles. The van der Waals surface area contributed by atoms with E-state index in [2.05, 4.69) is 11.8 Å². The topological polar surface area (TPSA) is 65.1 Å². The summed E-state index contributed by atoms with van der Waals surface area (Å²) in [5.74, 6) is 1.38. The lowest BCUT2D eigenvalue weighted by Crippen LogP contribution is -2.39. The first kappa shape index (κ1) is 24.5. The zero-order valence-corrected chi connectivity index (χ0v) is 20.8. The monoisotopic (exact) mass is 467 g/mol. The summed E-state index contributed by atoms with van der Waals surface area (Å²) in [4.78, 5) is 29.1. The van der Waals surface area contributed by atoms with Gasteiger partial charge in [0.15, 0.2) is 23.1 Å². The molecule has 0 spiro atoms. The van der Waals surface area contributed by atoms with Gasteiger partial charge in [-0.1, -0.05) is 13.0 Å². The van der Waals surface area contributed by atoms with E-state index >= 15 is 0 Å². The summed E-state index contributed by atoms with van der Waals surface area (Å²) in [5, 5.41) is 0. The van der Waals surface area contributed by atoms with E-state index in [0.29, 0.717) is 44.2 Å². The lowest BCUT2D eigenvalue weighted by atomic mass is 9.71. The van der Waals surface area contributed by atoms with Crippen LogP contribution in [0.4, 0.5) is 0 Å². The number of benzene rings is 1. The Morgan fingerprint density at radius 3 is 2.15 bits per heavy atom. The second-order valence-electron chi connectivity index (χ2n) is 9.19. The van der Waals surface area contributed by atoms with Crippen molar-refractivity contribution in [3.8, 4) is 11.5 Å². The van der Waals surface area contributed by atoms with Crippen LogP contribution in [-0.2, 0) is 14.3 Å². The summed E-state index contributed by atoms with van der Waals surface area (Å²) in [6.07, 6.45) is 6.28. The average Bonchev–Trinajstić information content (AvgIpc) is 2.84. The van der Waals surface area contributed by atoms with Crippen molar-refractivity contribution < 1.29 is 23.8 Å². The number of Topliss-reactive ketones (excluding diaryl/α,β-unsaturated/α-hetero) is 2. The van der Waals surface area contributed by atoms with E-state index in [9.17, 15) is 9.59 Å². The minimum atomic E-state index is -0.330. The molecule has 0 bridgehead atoms. The van der Waals surface area contributed by atoms with E-state index in [1.165, 1.54) is 0 Å². The minimum absolute atomic E-state index is 0.164. The van der Waals surface area contributed by atoms with Gasteiger partial charge in [0.2, 0.25) is 0 Å². The third-order valence-electron chi connectivity index (χ3n) is 6.88. The average molecular weight is 468 g/mol. The Bertz CT molecular complexity index is 949. The number of allylic oxidation sites excluding steroid dienone is 4. The molecule has 34 heavy (non-hydrogen) atoms. The van der Waals surface area contributed by atoms with Gasteiger partial charge < -0.3 is 19.1 Å². The maximum Gasteiger partial charge on any atom is 0.161 e. The highest BCUT2D eigenvalue weighted by atomic mass is 16.5. The molecule has 0 radical (unpaired) electrons. The van der Waals surface area contributed by atoms with Gasteiger partial charge in [0.1, 0.15) is 0 Å². The smallest absolute Gasteiger partial charge is 0.161 e. The zero-order chi connectivity index (χ0) is 24.1. The molecule has 6 nitrogen and oxygen atoms in total. The molecule has 0 saturated carbocycles. The third-order valence-corrected chi connectivity index (χ3v) is 6.88. The van der Waals surface area contributed by atoms with Crippen LogP contribution in [0, 0.1) is 0 Å². The molecule has 1 heterocycles. The molecule has 4 rings (SSSR count). The van der Waals surface area contributed by atoms with E-state index in [1.54, 1.807) is 7.11 Å². The van der Waals surface area contributed by atoms with E-state index < -0.39 is 0 Å². The highest BCUT2D eigenvalue weighted by Gasteiger charge is 2.43. The van der Waals surface area contributed by atoms with Crippen LogP contribution in [0.3, 0.4) is 0 Å². The lowest BCUT2D eigenvalue weighted by molar-refractivity contribution is -0.117. The number of ether oxygens (including phenoxy) is 3. The molecular formula is C28H37NO5. The van der Waals surface area contributed by atoms with Crippen molar-refractivity contribution in [3.63, 3.8) is 0 Å². The van der Waals surface area contributed by atoms with E-state index in [1.807, 2.05) is 25.1 Å². The Morgan fingerprint density at radius 2 is 1.56 bits per heavy atom. The van der Waals surface area contributed by atoms with Gasteiger partial charge >= 0.3 is 0 Å². The van der Waals surface area contributed by atoms with Gasteiger partial charge in [-0.2, -0.15) is 0 Å². The number of carbonyl (C=O) groups is 2. The summed E-state index contributed by atoms with van der Waals surface area (Å²) in [6.45, 7) is 6.58. The van der Waals surface area contributed by atoms with Crippen LogP contribution in [0.5, 0.6) is 11.5 Å². The maximum atomic E-state index is 13.4. The van der Waals surface area contributed by atoms with Crippen molar-refractivity contribution in [1.29, 1.82) is 0 Å². The fourth-order valence-electron chi connectivity index (χ4n) is 5.49. The van der Waals surface area contributed by atoms with Crippen LogP contribution in [0.15, 0.2) is 40.7 Å². The van der Waals surface area contributed by atoms with Crippen molar-refractivity contribution in [1.82, 2.24) is 4.90 Å². The predicted octanol–water partition coefficient (Wildman–Crippen LogP) is 5.32. The maximum absolute atomic E-state index is 13.4. The molecule has 0 aromatic heterocycles. The second-order valence-corrected chi connectivity index (χ2v) is 9.19. The van der Waals surface area contributed by atoms with Crippen molar-refractivity contribution in [2.24, 2.45) is 0 Å². The fraction of sp³-hybridized carbons (Fsp3) is 0.571. The molecule has 0 N–H and O–H groups in total. The molecule has 0 amide bonds.